The zero-order chi connectivity index (χ0) is 13.8. The lowest BCUT2D eigenvalue weighted by atomic mass is 10.2. The predicted molar refractivity (Wildman–Crippen MR) is 71.4 cm³/mol. The average Bonchev–Trinajstić information content (AvgIpc) is 2.99. The molecule has 0 saturated heterocycles. The summed E-state index contributed by atoms with van der Waals surface area (Å²) in [7, 11) is 0. The molecule has 0 N–H and O–H groups in total. The molecule has 1 atom stereocenters. The van der Waals surface area contributed by atoms with Crippen LogP contribution in [0.4, 0.5) is 0 Å². The molecular weight excluding hydrogens is 258 g/mol. The van der Waals surface area contributed by atoms with Crippen LogP contribution >= 0.6 is 0 Å². The van der Waals surface area contributed by atoms with Crippen LogP contribution in [-0.4, -0.2) is 38.8 Å². The zero-order valence-electron chi connectivity index (χ0n) is 11.1. The van der Waals surface area contributed by atoms with Crippen molar-refractivity contribution >= 4 is 5.71 Å². The van der Waals surface area contributed by atoms with Gasteiger partial charge in [-0.3, -0.25) is 0 Å². The number of aromatic nitrogens is 4. The van der Waals surface area contributed by atoms with Gasteiger partial charge in [0.05, 0.1) is 5.69 Å². The largest absolute Gasteiger partial charge is 0.363 e. The van der Waals surface area contributed by atoms with Gasteiger partial charge in [-0.05, 0) is 29.5 Å². The van der Waals surface area contributed by atoms with E-state index < -0.39 is 0 Å². The van der Waals surface area contributed by atoms with Crippen molar-refractivity contribution in [3.05, 3.63) is 36.2 Å². The molecule has 1 unspecified atom stereocenters. The Morgan fingerprint density at radius 3 is 2.90 bits per heavy atom. The van der Waals surface area contributed by atoms with E-state index in [0.29, 0.717) is 12.4 Å². The van der Waals surface area contributed by atoms with Gasteiger partial charge >= 0.3 is 0 Å². The van der Waals surface area contributed by atoms with Crippen LogP contribution in [0.3, 0.4) is 0 Å². The fourth-order valence-electron chi connectivity index (χ4n) is 2.04. The molecule has 7 nitrogen and oxygen atoms in total. The van der Waals surface area contributed by atoms with Gasteiger partial charge in [0.15, 0.2) is 0 Å². The minimum atomic E-state index is -0.273. The molecule has 2 aromatic rings. The number of hydrogen-bond acceptors (Lipinski definition) is 6. The minimum absolute atomic E-state index is 0.273. The van der Waals surface area contributed by atoms with Crippen LogP contribution < -0.4 is 0 Å². The standard InChI is InChI=1S/C13H15N5O2/c1-2-19-12-9-8-11(15-20-12)13-14-16-17-18(13)10-6-4-3-5-7-10/h3-7,12H,2,8-9H2,1H3. The summed E-state index contributed by atoms with van der Waals surface area (Å²) in [5, 5.41) is 15.9. The maximum Gasteiger partial charge on any atom is 0.227 e. The van der Waals surface area contributed by atoms with Crippen molar-refractivity contribution in [2.45, 2.75) is 26.1 Å². The van der Waals surface area contributed by atoms with Gasteiger partial charge in [-0.25, -0.2) is 0 Å². The quantitative estimate of drug-likeness (QED) is 0.844. The highest BCUT2D eigenvalue weighted by Gasteiger charge is 2.23. The second-order valence-electron chi connectivity index (χ2n) is 4.32. The summed E-state index contributed by atoms with van der Waals surface area (Å²) in [4.78, 5) is 5.30. The first-order valence-corrected chi connectivity index (χ1v) is 6.57. The lowest BCUT2D eigenvalue weighted by Crippen LogP contribution is -2.24. The van der Waals surface area contributed by atoms with Crippen molar-refractivity contribution in [2.75, 3.05) is 6.61 Å². The number of benzene rings is 1. The molecule has 3 rings (SSSR count). The van der Waals surface area contributed by atoms with Crippen molar-refractivity contribution in [3.63, 3.8) is 0 Å². The third-order valence-electron chi connectivity index (χ3n) is 2.98. The Balaban J connectivity index is 1.84. The molecule has 0 spiro atoms. The van der Waals surface area contributed by atoms with E-state index in [1.165, 1.54) is 0 Å². The van der Waals surface area contributed by atoms with Crippen LogP contribution in [0, 0.1) is 0 Å². The van der Waals surface area contributed by atoms with E-state index in [1.54, 1.807) is 4.68 Å². The normalized spacial score (nSPS) is 18.4. The topological polar surface area (TPSA) is 74.4 Å². The lowest BCUT2D eigenvalue weighted by Gasteiger charge is -2.20. The Bertz CT molecular complexity index is 596. The molecule has 104 valence electrons. The van der Waals surface area contributed by atoms with Crippen molar-refractivity contribution in [2.24, 2.45) is 5.16 Å². The smallest absolute Gasteiger partial charge is 0.227 e. The number of nitrogens with zero attached hydrogens (tertiary/aromatic N) is 5. The molecule has 1 aromatic heterocycles. The molecule has 0 aliphatic carbocycles. The molecule has 0 amide bonds. The van der Waals surface area contributed by atoms with Gasteiger partial charge < -0.3 is 9.57 Å². The van der Waals surface area contributed by atoms with Crippen molar-refractivity contribution in [1.29, 1.82) is 0 Å². The van der Waals surface area contributed by atoms with Gasteiger partial charge in [0, 0.05) is 19.4 Å². The first kappa shape index (κ1) is 12.7. The molecule has 0 fully saturated rings. The summed E-state index contributed by atoms with van der Waals surface area (Å²) in [6.45, 7) is 2.54. The predicted octanol–water partition coefficient (Wildman–Crippen LogP) is 1.54. The SMILES string of the molecule is CCOC1CCC(c2nnnn2-c2ccccc2)=NO1. The first-order chi connectivity index (χ1) is 9.88. The van der Waals surface area contributed by atoms with E-state index in [0.717, 1.165) is 24.2 Å². The van der Waals surface area contributed by atoms with Crippen molar-refractivity contribution in [1.82, 2.24) is 20.2 Å². The Morgan fingerprint density at radius 1 is 1.35 bits per heavy atom. The van der Waals surface area contributed by atoms with Crippen LogP contribution in [0.25, 0.3) is 5.69 Å². The third kappa shape index (κ3) is 2.53. The molecule has 1 aliphatic heterocycles. The maximum absolute atomic E-state index is 5.38. The maximum atomic E-state index is 5.38. The van der Waals surface area contributed by atoms with Crippen LogP contribution in [-0.2, 0) is 9.57 Å². The summed E-state index contributed by atoms with van der Waals surface area (Å²) in [6, 6.07) is 9.69. The first-order valence-electron chi connectivity index (χ1n) is 6.57. The van der Waals surface area contributed by atoms with Gasteiger partial charge in [-0.2, -0.15) is 4.68 Å². The summed E-state index contributed by atoms with van der Waals surface area (Å²) in [5.41, 5.74) is 1.62. The number of para-hydroxylation sites is 1. The number of tetrazole rings is 1. The molecule has 7 heteroatoms. The average molecular weight is 273 g/mol. The van der Waals surface area contributed by atoms with Gasteiger partial charge in [-0.15, -0.1) is 5.10 Å². The molecule has 2 heterocycles. The summed E-state index contributed by atoms with van der Waals surface area (Å²) < 4.78 is 7.03. The number of ether oxygens (including phenoxy) is 1. The summed E-state index contributed by atoms with van der Waals surface area (Å²) in [5.74, 6) is 0.603. The van der Waals surface area contributed by atoms with Gasteiger partial charge in [0.2, 0.25) is 12.1 Å². The van der Waals surface area contributed by atoms with E-state index in [2.05, 4.69) is 20.7 Å². The Kier molecular flexibility index (Phi) is 3.69. The molecular formula is C13H15N5O2. The van der Waals surface area contributed by atoms with Crippen molar-refractivity contribution in [3.8, 4) is 5.69 Å². The number of oxime groups is 1. The fraction of sp³-hybridized carbons (Fsp3) is 0.385. The number of hydrogen-bond donors (Lipinski definition) is 0. The van der Waals surface area contributed by atoms with E-state index in [-0.39, 0.29) is 6.29 Å². The Morgan fingerprint density at radius 2 is 2.20 bits per heavy atom. The minimum Gasteiger partial charge on any atom is -0.363 e. The second kappa shape index (κ2) is 5.79. The van der Waals surface area contributed by atoms with Crippen LogP contribution in [0.2, 0.25) is 0 Å². The molecule has 0 saturated carbocycles. The van der Waals surface area contributed by atoms with Crippen LogP contribution in [0.5, 0.6) is 0 Å². The lowest BCUT2D eigenvalue weighted by molar-refractivity contribution is -0.147. The third-order valence-corrected chi connectivity index (χ3v) is 2.98. The van der Waals surface area contributed by atoms with E-state index in [9.17, 15) is 0 Å². The number of rotatable bonds is 4. The molecule has 0 bridgehead atoms. The monoisotopic (exact) mass is 273 g/mol. The highest BCUT2D eigenvalue weighted by atomic mass is 16.8. The molecule has 20 heavy (non-hydrogen) atoms. The van der Waals surface area contributed by atoms with E-state index >= 15 is 0 Å². The van der Waals surface area contributed by atoms with Crippen molar-refractivity contribution < 1.29 is 9.57 Å². The molecule has 0 radical (unpaired) electrons. The van der Waals surface area contributed by atoms with E-state index in [1.807, 2.05) is 37.3 Å². The Labute approximate surface area is 116 Å². The van der Waals surface area contributed by atoms with Gasteiger partial charge in [0.1, 0.15) is 5.71 Å². The summed E-state index contributed by atoms with van der Waals surface area (Å²) >= 11 is 0. The van der Waals surface area contributed by atoms with Gasteiger partial charge in [-0.1, -0.05) is 23.4 Å². The highest BCUT2D eigenvalue weighted by Crippen LogP contribution is 2.17. The summed E-state index contributed by atoms with van der Waals surface area (Å²) in [6.07, 6.45) is 1.19. The van der Waals surface area contributed by atoms with Crippen LogP contribution in [0.15, 0.2) is 35.5 Å². The Hall–Kier alpha value is -2.28. The van der Waals surface area contributed by atoms with Gasteiger partial charge in [0.25, 0.3) is 0 Å². The zero-order valence-corrected chi connectivity index (χ0v) is 11.1. The molecule has 1 aromatic carbocycles. The highest BCUT2D eigenvalue weighted by molar-refractivity contribution is 5.97. The van der Waals surface area contributed by atoms with Crippen LogP contribution in [0.1, 0.15) is 25.6 Å². The fourth-order valence-corrected chi connectivity index (χ4v) is 2.04. The second-order valence-corrected chi connectivity index (χ2v) is 4.32. The van der Waals surface area contributed by atoms with E-state index in [4.69, 9.17) is 9.57 Å². The molecule has 1 aliphatic rings.